The number of fused-ring (bicyclic) bond motifs is 1. The van der Waals surface area contributed by atoms with Gasteiger partial charge in [0.05, 0.1) is 0 Å². The highest BCUT2D eigenvalue weighted by atomic mass is 79.9. The average Bonchev–Trinajstić information content (AvgIpc) is 2.68. The Morgan fingerprint density at radius 2 is 2.31 bits per heavy atom. The molecule has 0 aliphatic rings. The zero-order valence-electron chi connectivity index (χ0n) is 9.04. The summed E-state index contributed by atoms with van der Waals surface area (Å²) < 4.78 is 1.08. The SMILES string of the molecule is C=CCC[C@H](N)c1c[nH]c2ccc(Br)cc12. The first-order valence-electron chi connectivity index (χ1n) is 5.35. The molecule has 0 radical (unpaired) electrons. The van der Waals surface area contributed by atoms with E-state index in [0.717, 1.165) is 22.8 Å². The van der Waals surface area contributed by atoms with Gasteiger partial charge in [-0.25, -0.2) is 0 Å². The predicted octanol–water partition coefficient (Wildman–Crippen LogP) is 3.90. The maximum Gasteiger partial charge on any atom is 0.0458 e. The Bertz CT molecular complexity index is 502. The molecule has 2 nitrogen and oxygen atoms in total. The molecule has 1 aromatic heterocycles. The third-order valence-corrected chi connectivity index (χ3v) is 3.25. The van der Waals surface area contributed by atoms with Crippen molar-refractivity contribution in [3.8, 4) is 0 Å². The van der Waals surface area contributed by atoms with Crippen molar-refractivity contribution in [2.75, 3.05) is 0 Å². The summed E-state index contributed by atoms with van der Waals surface area (Å²) >= 11 is 3.48. The van der Waals surface area contributed by atoms with E-state index in [1.54, 1.807) is 0 Å². The summed E-state index contributed by atoms with van der Waals surface area (Å²) in [5.41, 5.74) is 8.47. The lowest BCUT2D eigenvalue weighted by Crippen LogP contribution is -2.08. The summed E-state index contributed by atoms with van der Waals surface area (Å²) in [5, 5.41) is 1.20. The van der Waals surface area contributed by atoms with Crippen LogP contribution in [0.1, 0.15) is 24.4 Å². The Hall–Kier alpha value is -1.06. The lowest BCUT2D eigenvalue weighted by molar-refractivity contribution is 0.666. The molecule has 3 heteroatoms. The largest absolute Gasteiger partial charge is 0.361 e. The van der Waals surface area contributed by atoms with Gasteiger partial charge in [-0.3, -0.25) is 0 Å². The normalized spacial score (nSPS) is 12.9. The highest BCUT2D eigenvalue weighted by Gasteiger charge is 2.10. The van der Waals surface area contributed by atoms with E-state index in [4.69, 9.17) is 5.73 Å². The molecular weight excluding hydrogens is 264 g/mol. The molecule has 3 N–H and O–H groups in total. The van der Waals surface area contributed by atoms with Crippen molar-refractivity contribution >= 4 is 26.8 Å². The number of benzene rings is 1. The molecule has 0 fully saturated rings. The van der Waals surface area contributed by atoms with E-state index in [0.29, 0.717) is 0 Å². The monoisotopic (exact) mass is 278 g/mol. The van der Waals surface area contributed by atoms with Crippen LogP contribution < -0.4 is 5.73 Å². The number of allylic oxidation sites excluding steroid dienone is 1. The molecule has 1 atom stereocenters. The molecule has 1 heterocycles. The van der Waals surface area contributed by atoms with Crippen LogP contribution in [0.2, 0.25) is 0 Å². The van der Waals surface area contributed by atoms with E-state index in [2.05, 4.69) is 39.6 Å². The standard InChI is InChI=1S/C13H15BrN2/c1-2-3-4-12(15)11-8-16-13-6-5-9(14)7-10(11)13/h2,5-8,12,16H,1,3-4,15H2/t12-/m0/s1. The van der Waals surface area contributed by atoms with Gasteiger partial charge in [0.15, 0.2) is 0 Å². The Morgan fingerprint density at radius 3 is 3.06 bits per heavy atom. The van der Waals surface area contributed by atoms with E-state index in [-0.39, 0.29) is 6.04 Å². The molecular formula is C13H15BrN2. The van der Waals surface area contributed by atoms with E-state index in [1.807, 2.05) is 18.3 Å². The van der Waals surface area contributed by atoms with Crippen molar-refractivity contribution in [3.63, 3.8) is 0 Å². The lowest BCUT2D eigenvalue weighted by atomic mass is 10.0. The van der Waals surface area contributed by atoms with Crippen LogP contribution in [0.4, 0.5) is 0 Å². The topological polar surface area (TPSA) is 41.8 Å². The van der Waals surface area contributed by atoms with Gasteiger partial charge in [0.2, 0.25) is 0 Å². The van der Waals surface area contributed by atoms with Crippen LogP contribution in [-0.2, 0) is 0 Å². The van der Waals surface area contributed by atoms with Gasteiger partial charge in [-0.2, -0.15) is 0 Å². The number of hydrogen-bond acceptors (Lipinski definition) is 1. The molecule has 0 amide bonds. The Labute approximate surface area is 104 Å². The van der Waals surface area contributed by atoms with E-state index >= 15 is 0 Å². The molecule has 0 aliphatic carbocycles. The van der Waals surface area contributed by atoms with Crippen LogP contribution in [0.25, 0.3) is 10.9 Å². The van der Waals surface area contributed by atoms with Gasteiger partial charge < -0.3 is 10.7 Å². The number of rotatable bonds is 4. The van der Waals surface area contributed by atoms with Crippen molar-refractivity contribution in [1.82, 2.24) is 4.98 Å². The highest BCUT2D eigenvalue weighted by molar-refractivity contribution is 9.10. The number of hydrogen-bond donors (Lipinski definition) is 2. The lowest BCUT2D eigenvalue weighted by Gasteiger charge is -2.09. The third-order valence-electron chi connectivity index (χ3n) is 2.76. The molecule has 0 spiro atoms. The molecule has 0 aliphatic heterocycles. The summed E-state index contributed by atoms with van der Waals surface area (Å²) in [6, 6.07) is 6.26. The summed E-state index contributed by atoms with van der Waals surface area (Å²) in [7, 11) is 0. The molecule has 0 saturated heterocycles. The smallest absolute Gasteiger partial charge is 0.0458 e. The maximum absolute atomic E-state index is 6.16. The first-order chi connectivity index (χ1) is 7.72. The Kier molecular flexibility index (Phi) is 3.46. The minimum Gasteiger partial charge on any atom is -0.361 e. The fourth-order valence-corrected chi connectivity index (χ4v) is 2.24. The van der Waals surface area contributed by atoms with Crippen LogP contribution in [0.15, 0.2) is 41.5 Å². The van der Waals surface area contributed by atoms with Crippen molar-refractivity contribution in [1.29, 1.82) is 0 Å². The first-order valence-corrected chi connectivity index (χ1v) is 6.14. The van der Waals surface area contributed by atoms with Gasteiger partial charge in [-0.15, -0.1) is 6.58 Å². The molecule has 0 bridgehead atoms. The number of aromatic nitrogens is 1. The van der Waals surface area contributed by atoms with Gasteiger partial charge >= 0.3 is 0 Å². The second-order valence-corrected chi connectivity index (χ2v) is 4.82. The summed E-state index contributed by atoms with van der Waals surface area (Å²) in [4.78, 5) is 3.25. The van der Waals surface area contributed by atoms with E-state index in [1.165, 1.54) is 10.9 Å². The molecule has 2 rings (SSSR count). The molecule has 16 heavy (non-hydrogen) atoms. The maximum atomic E-state index is 6.16. The van der Waals surface area contributed by atoms with Gasteiger partial charge in [-0.1, -0.05) is 22.0 Å². The van der Waals surface area contributed by atoms with Crippen LogP contribution in [0.3, 0.4) is 0 Å². The van der Waals surface area contributed by atoms with Crippen LogP contribution in [0, 0.1) is 0 Å². The molecule has 0 unspecified atom stereocenters. The van der Waals surface area contributed by atoms with Crippen LogP contribution >= 0.6 is 15.9 Å². The molecule has 84 valence electrons. The molecule has 1 aromatic carbocycles. The van der Waals surface area contributed by atoms with Gasteiger partial charge in [0.1, 0.15) is 0 Å². The second kappa shape index (κ2) is 4.85. The quantitative estimate of drug-likeness (QED) is 0.819. The van der Waals surface area contributed by atoms with Gasteiger partial charge in [0.25, 0.3) is 0 Å². The number of H-pyrrole nitrogens is 1. The van der Waals surface area contributed by atoms with E-state index in [9.17, 15) is 0 Å². The minimum absolute atomic E-state index is 0.0704. The zero-order chi connectivity index (χ0) is 11.5. The third kappa shape index (κ3) is 2.20. The minimum atomic E-state index is 0.0704. The molecule has 2 aromatic rings. The van der Waals surface area contributed by atoms with E-state index < -0.39 is 0 Å². The van der Waals surface area contributed by atoms with Gasteiger partial charge in [-0.05, 0) is 36.6 Å². The van der Waals surface area contributed by atoms with Gasteiger partial charge in [0, 0.05) is 27.6 Å². The number of nitrogens with one attached hydrogen (secondary N) is 1. The average molecular weight is 279 g/mol. The summed E-state index contributed by atoms with van der Waals surface area (Å²) in [6.45, 7) is 3.72. The zero-order valence-corrected chi connectivity index (χ0v) is 10.6. The van der Waals surface area contributed by atoms with Crippen molar-refractivity contribution in [2.45, 2.75) is 18.9 Å². The fourth-order valence-electron chi connectivity index (χ4n) is 1.87. The van der Waals surface area contributed by atoms with Crippen molar-refractivity contribution in [3.05, 3.63) is 47.1 Å². The number of aromatic amines is 1. The number of nitrogens with two attached hydrogens (primary N) is 1. The van der Waals surface area contributed by atoms with Crippen molar-refractivity contribution in [2.24, 2.45) is 5.73 Å². The number of halogens is 1. The summed E-state index contributed by atoms with van der Waals surface area (Å²) in [5.74, 6) is 0. The first kappa shape index (κ1) is 11.4. The second-order valence-electron chi connectivity index (χ2n) is 3.91. The molecule has 0 saturated carbocycles. The fraction of sp³-hybridized carbons (Fsp3) is 0.231. The van der Waals surface area contributed by atoms with Crippen molar-refractivity contribution < 1.29 is 0 Å². The highest BCUT2D eigenvalue weighted by Crippen LogP contribution is 2.27. The predicted molar refractivity (Wildman–Crippen MR) is 72.4 cm³/mol. The van der Waals surface area contributed by atoms with Crippen LogP contribution in [-0.4, -0.2) is 4.98 Å². The Balaban J connectivity index is 2.36. The summed E-state index contributed by atoms with van der Waals surface area (Å²) in [6.07, 6.45) is 5.79. The Morgan fingerprint density at radius 1 is 1.50 bits per heavy atom. The van der Waals surface area contributed by atoms with Crippen LogP contribution in [0.5, 0.6) is 0 Å².